The maximum atomic E-state index is 13.0. The molecule has 0 aliphatic carbocycles. The Morgan fingerprint density at radius 3 is 2.58 bits per heavy atom. The molecule has 1 aromatic carbocycles. The predicted octanol–water partition coefficient (Wildman–Crippen LogP) is 2.50. The highest BCUT2D eigenvalue weighted by molar-refractivity contribution is 9.10. The highest BCUT2D eigenvalue weighted by Gasteiger charge is 2.13. The van der Waals surface area contributed by atoms with Crippen LogP contribution in [0.3, 0.4) is 0 Å². The van der Waals surface area contributed by atoms with Gasteiger partial charge in [0.25, 0.3) is 0 Å². The molecule has 0 radical (unpaired) electrons. The highest BCUT2D eigenvalue weighted by atomic mass is 79.9. The van der Waals surface area contributed by atoms with Gasteiger partial charge in [0.15, 0.2) is 5.78 Å². The van der Waals surface area contributed by atoms with E-state index in [0.29, 0.717) is 4.47 Å². The quantitative estimate of drug-likeness (QED) is 0.756. The molecule has 0 unspecified atom stereocenters. The van der Waals surface area contributed by atoms with Crippen molar-refractivity contribution in [1.29, 1.82) is 0 Å². The Hall–Kier alpha value is -0.900. The van der Waals surface area contributed by atoms with E-state index in [1.165, 1.54) is 13.0 Å². The van der Waals surface area contributed by atoms with Crippen molar-refractivity contribution in [2.75, 3.05) is 0 Å². The monoisotopic (exact) mass is 232 g/mol. The van der Waals surface area contributed by atoms with E-state index in [0.717, 1.165) is 6.07 Å². The smallest absolute Gasteiger partial charge is 0.166 e. The summed E-state index contributed by atoms with van der Waals surface area (Å²) in [6.45, 7) is 1.20. The Labute approximate surface area is 77.2 Å². The first-order valence-electron chi connectivity index (χ1n) is 3.21. The summed E-state index contributed by atoms with van der Waals surface area (Å²) in [6.07, 6.45) is 0. The number of hydrogen-bond donors (Lipinski definition) is 1. The molecule has 0 amide bonds. The van der Waals surface area contributed by atoms with Gasteiger partial charge in [0.2, 0.25) is 0 Å². The summed E-state index contributed by atoms with van der Waals surface area (Å²) < 4.78 is 13.4. The number of hydrogen-bond acceptors (Lipinski definition) is 2. The van der Waals surface area contributed by atoms with E-state index >= 15 is 0 Å². The number of phenolic OH excluding ortho intramolecular Hbond substituents is 1. The third-order valence-corrected chi connectivity index (χ3v) is 1.84. The van der Waals surface area contributed by atoms with Crippen molar-refractivity contribution in [2.24, 2.45) is 0 Å². The van der Waals surface area contributed by atoms with Gasteiger partial charge in [0.05, 0.1) is 5.56 Å². The van der Waals surface area contributed by atoms with Crippen LogP contribution in [0.5, 0.6) is 5.75 Å². The molecule has 1 aromatic rings. The molecule has 1 N–H and O–H groups in total. The maximum Gasteiger partial charge on any atom is 0.166 e. The van der Waals surface area contributed by atoms with Crippen LogP contribution in [-0.4, -0.2) is 10.9 Å². The zero-order chi connectivity index (χ0) is 9.30. The fraction of sp³-hybridized carbons (Fsp3) is 0.125. The van der Waals surface area contributed by atoms with Crippen molar-refractivity contribution in [1.82, 2.24) is 0 Å². The summed E-state index contributed by atoms with van der Waals surface area (Å²) >= 11 is 2.98. The average molecular weight is 233 g/mol. The van der Waals surface area contributed by atoms with Crippen molar-refractivity contribution in [3.63, 3.8) is 0 Å². The average Bonchev–Trinajstić information content (AvgIpc) is 1.82. The molecule has 2 nitrogen and oxygen atoms in total. The Kier molecular flexibility index (Phi) is 2.47. The van der Waals surface area contributed by atoms with Crippen LogP contribution in [0.15, 0.2) is 16.6 Å². The Balaban J connectivity index is 3.38. The number of phenols is 1. The van der Waals surface area contributed by atoms with Gasteiger partial charge in [-0.3, -0.25) is 4.79 Å². The van der Waals surface area contributed by atoms with Gasteiger partial charge in [-0.25, -0.2) is 4.39 Å². The molecule has 0 aromatic heterocycles. The Morgan fingerprint density at radius 1 is 1.58 bits per heavy atom. The summed E-state index contributed by atoms with van der Waals surface area (Å²) in [4.78, 5) is 10.8. The van der Waals surface area contributed by atoms with E-state index in [4.69, 9.17) is 5.11 Å². The van der Waals surface area contributed by atoms with Crippen molar-refractivity contribution in [3.05, 3.63) is 28.0 Å². The predicted molar refractivity (Wildman–Crippen MR) is 45.8 cm³/mol. The lowest BCUT2D eigenvalue weighted by molar-refractivity contribution is 0.101. The molecule has 0 aliphatic rings. The van der Waals surface area contributed by atoms with Crippen molar-refractivity contribution in [2.45, 2.75) is 6.92 Å². The zero-order valence-corrected chi connectivity index (χ0v) is 7.85. The van der Waals surface area contributed by atoms with Gasteiger partial charge in [-0.05, 0) is 19.1 Å². The number of halogens is 2. The first-order chi connectivity index (χ1) is 5.52. The minimum atomic E-state index is -0.714. The fourth-order valence-electron chi connectivity index (χ4n) is 0.909. The van der Waals surface area contributed by atoms with Gasteiger partial charge in [-0.15, -0.1) is 0 Å². The van der Waals surface area contributed by atoms with Gasteiger partial charge in [0, 0.05) is 4.47 Å². The summed E-state index contributed by atoms with van der Waals surface area (Å²) in [7, 11) is 0. The number of ketones is 1. The lowest BCUT2D eigenvalue weighted by Crippen LogP contribution is -1.97. The Morgan fingerprint density at radius 2 is 2.17 bits per heavy atom. The second-order valence-corrected chi connectivity index (χ2v) is 3.25. The second kappa shape index (κ2) is 3.23. The molecule has 0 saturated carbocycles. The summed E-state index contributed by atoms with van der Waals surface area (Å²) in [6, 6.07) is 2.41. The Bertz CT molecular complexity index is 313. The number of Topliss-reactive ketones (excluding diaryl/α,β-unsaturated/α-hetero) is 1. The third kappa shape index (κ3) is 1.64. The van der Waals surface area contributed by atoms with E-state index in [9.17, 15) is 9.18 Å². The number of carbonyl (C=O) groups excluding carboxylic acids is 1. The number of benzene rings is 1. The third-order valence-electron chi connectivity index (χ3n) is 1.39. The molecular weight excluding hydrogens is 227 g/mol. The van der Waals surface area contributed by atoms with E-state index < -0.39 is 11.6 Å². The van der Waals surface area contributed by atoms with Crippen LogP contribution in [0.25, 0.3) is 0 Å². The van der Waals surface area contributed by atoms with Gasteiger partial charge >= 0.3 is 0 Å². The van der Waals surface area contributed by atoms with E-state index in [2.05, 4.69) is 15.9 Å². The molecule has 64 valence electrons. The molecule has 0 spiro atoms. The van der Waals surface area contributed by atoms with Gasteiger partial charge in [0.1, 0.15) is 11.6 Å². The zero-order valence-electron chi connectivity index (χ0n) is 6.27. The van der Waals surface area contributed by atoms with Crippen LogP contribution in [0.2, 0.25) is 0 Å². The minimum absolute atomic E-state index is 0.266. The summed E-state index contributed by atoms with van der Waals surface area (Å²) in [5.74, 6) is -1.54. The van der Waals surface area contributed by atoms with Crippen LogP contribution in [0.4, 0.5) is 4.39 Å². The largest absolute Gasteiger partial charge is 0.507 e. The SMILES string of the molecule is CC(=O)c1c(O)cc(Br)cc1F. The normalized spacial score (nSPS) is 9.92. The molecule has 0 saturated heterocycles. The lowest BCUT2D eigenvalue weighted by atomic mass is 10.1. The summed E-state index contributed by atoms with van der Waals surface area (Å²) in [5, 5.41) is 9.15. The van der Waals surface area contributed by atoms with Crippen molar-refractivity contribution in [3.8, 4) is 5.75 Å². The molecule has 0 aliphatic heterocycles. The van der Waals surface area contributed by atoms with Gasteiger partial charge < -0.3 is 5.11 Å². The first-order valence-corrected chi connectivity index (χ1v) is 4.00. The van der Waals surface area contributed by atoms with Gasteiger partial charge in [-0.2, -0.15) is 0 Å². The number of rotatable bonds is 1. The number of aromatic hydroxyl groups is 1. The minimum Gasteiger partial charge on any atom is -0.507 e. The van der Waals surface area contributed by atoms with Gasteiger partial charge in [-0.1, -0.05) is 15.9 Å². The van der Waals surface area contributed by atoms with Crippen LogP contribution >= 0.6 is 15.9 Å². The van der Waals surface area contributed by atoms with Crippen LogP contribution in [0.1, 0.15) is 17.3 Å². The number of carbonyl (C=O) groups is 1. The molecule has 4 heteroatoms. The first kappa shape index (κ1) is 9.19. The van der Waals surface area contributed by atoms with Crippen LogP contribution in [0, 0.1) is 5.82 Å². The lowest BCUT2D eigenvalue weighted by Gasteiger charge is -2.02. The fourth-order valence-corrected chi connectivity index (χ4v) is 1.33. The molecule has 0 fully saturated rings. The topological polar surface area (TPSA) is 37.3 Å². The molecule has 0 bridgehead atoms. The standard InChI is InChI=1S/C8H6BrFO2/c1-4(11)8-6(10)2-5(9)3-7(8)12/h2-3,12H,1H3. The van der Waals surface area contributed by atoms with E-state index in [-0.39, 0.29) is 11.3 Å². The molecule has 12 heavy (non-hydrogen) atoms. The molecule has 0 heterocycles. The highest BCUT2D eigenvalue weighted by Crippen LogP contribution is 2.25. The van der Waals surface area contributed by atoms with Crippen molar-refractivity contribution < 1.29 is 14.3 Å². The molecule has 1 rings (SSSR count). The van der Waals surface area contributed by atoms with Crippen LogP contribution in [-0.2, 0) is 0 Å². The van der Waals surface area contributed by atoms with Crippen molar-refractivity contribution >= 4 is 21.7 Å². The summed E-state index contributed by atoms with van der Waals surface area (Å²) in [5.41, 5.74) is -0.266. The molecular formula is C8H6BrFO2. The second-order valence-electron chi connectivity index (χ2n) is 2.34. The van der Waals surface area contributed by atoms with E-state index in [1.807, 2.05) is 0 Å². The molecule has 0 atom stereocenters. The maximum absolute atomic E-state index is 13.0. The van der Waals surface area contributed by atoms with E-state index in [1.54, 1.807) is 0 Å². The van der Waals surface area contributed by atoms with Crippen LogP contribution < -0.4 is 0 Å².